The lowest BCUT2D eigenvalue weighted by Gasteiger charge is -2.26. The van der Waals surface area contributed by atoms with E-state index < -0.39 is 0 Å². The summed E-state index contributed by atoms with van der Waals surface area (Å²) in [5.41, 5.74) is 8.25. The van der Waals surface area contributed by atoms with Gasteiger partial charge >= 0.3 is 0 Å². The standard InChI is InChI=1S/C17H27N3O/c1-13(2)21-16-7-5-6-15(17(16)18)20-11-8-14(12-20)19-9-3-4-10-19/h5-7,13-14H,3-4,8-12,18H2,1-2H3. The van der Waals surface area contributed by atoms with Crippen molar-refractivity contribution in [3.8, 4) is 5.75 Å². The Bertz CT molecular complexity index is 483. The molecule has 2 N–H and O–H groups in total. The molecule has 0 spiro atoms. The van der Waals surface area contributed by atoms with Gasteiger partial charge in [0.2, 0.25) is 0 Å². The second-order valence-electron chi connectivity index (χ2n) is 6.49. The number of nitrogens with zero attached hydrogens (tertiary/aromatic N) is 2. The number of nitrogen functional groups attached to an aromatic ring is 1. The maximum Gasteiger partial charge on any atom is 0.144 e. The number of hydrogen-bond acceptors (Lipinski definition) is 4. The van der Waals surface area contributed by atoms with E-state index in [2.05, 4.69) is 15.9 Å². The Balaban J connectivity index is 1.72. The zero-order valence-electron chi connectivity index (χ0n) is 13.2. The minimum atomic E-state index is 0.151. The predicted molar refractivity (Wildman–Crippen MR) is 88.0 cm³/mol. The van der Waals surface area contributed by atoms with Gasteiger partial charge in [-0.25, -0.2) is 0 Å². The summed E-state index contributed by atoms with van der Waals surface area (Å²) >= 11 is 0. The maximum absolute atomic E-state index is 6.33. The summed E-state index contributed by atoms with van der Waals surface area (Å²) in [7, 11) is 0. The van der Waals surface area contributed by atoms with Crippen molar-refractivity contribution in [2.24, 2.45) is 0 Å². The number of hydrogen-bond donors (Lipinski definition) is 1. The van der Waals surface area contributed by atoms with E-state index in [1.54, 1.807) is 0 Å². The van der Waals surface area contributed by atoms with Crippen LogP contribution in [0.4, 0.5) is 11.4 Å². The molecule has 2 heterocycles. The average Bonchev–Trinajstić information content (AvgIpc) is 3.10. The normalized spacial score (nSPS) is 23.2. The summed E-state index contributed by atoms with van der Waals surface area (Å²) in [5, 5.41) is 0. The molecule has 0 amide bonds. The third kappa shape index (κ3) is 3.10. The first-order valence-electron chi connectivity index (χ1n) is 8.19. The number of ether oxygens (including phenoxy) is 1. The van der Waals surface area contributed by atoms with Crippen LogP contribution in [0, 0.1) is 0 Å². The van der Waals surface area contributed by atoms with E-state index in [0.29, 0.717) is 6.04 Å². The summed E-state index contributed by atoms with van der Waals surface area (Å²) in [6.45, 7) is 8.79. The topological polar surface area (TPSA) is 41.7 Å². The van der Waals surface area contributed by atoms with Gasteiger partial charge in [-0.05, 0) is 58.3 Å². The number of benzene rings is 1. The van der Waals surface area contributed by atoms with Crippen molar-refractivity contribution in [1.82, 2.24) is 4.90 Å². The van der Waals surface area contributed by atoms with Crippen LogP contribution >= 0.6 is 0 Å². The third-order valence-electron chi connectivity index (χ3n) is 4.57. The Morgan fingerprint density at radius 3 is 2.67 bits per heavy atom. The SMILES string of the molecule is CC(C)Oc1cccc(N2CCC(N3CCCC3)C2)c1N. The molecule has 1 aromatic rings. The Morgan fingerprint density at radius 1 is 1.19 bits per heavy atom. The molecule has 0 aliphatic carbocycles. The van der Waals surface area contributed by atoms with Crippen LogP contribution in [0.5, 0.6) is 5.75 Å². The van der Waals surface area contributed by atoms with Gasteiger partial charge in [0.1, 0.15) is 5.75 Å². The van der Waals surface area contributed by atoms with Crippen molar-refractivity contribution < 1.29 is 4.74 Å². The number of nitrogens with two attached hydrogens (primary N) is 1. The highest BCUT2D eigenvalue weighted by Gasteiger charge is 2.30. The summed E-state index contributed by atoms with van der Waals surface area (Å²) in [5.74, 6) is 0.812. The van der Waals surface area contributed by atoms with Gasteiger partial charge in [0, 0.05) is 19.1 Å². The van der Waals surface area contributed by atoms with Gasteiger partial charge < -0.3 is 15.4 Å². The molecule has 2 aliphatic rings. The highest BCUT2D eigenvalue weighted by Crippen LogP contribution is 2.35. The van der Waals surface area contributed by atoms with E-state index in [1.165, 1.54) is 32.4 Å². The highest BCUT2D eigenvalue weighted by atomic mass is 16.5. The Hall–Kier alpha value is -1.42. The van der Waals surface area contributed by atoms with Crippen molar-refractivity contribution in [1.29, 1.82) is 0 Å². The molecular formula is C17H27N3O. The zero-order chi connectivity index (χ0) is 14.8. The lowest BCUT2D eigenvalue weighted by Crippen LogP contribution is -2.35. The van der Waals surface area contributed by atoms with Gasteiger partial charge in [-0.15, -0.1) is 0 Å². The molecule has 0 radical (unpaired) electrons. The monoisotopic (exact) mass is 289 g/mol. The molecule has 0 bridgehead atoms. The second-order valence-corrected chi connectivity index (χ2v) is 6.49. The number of likely N-dealkylation sites (tertiary alicyclic amines) is 1. The Morgan fingerprint density at radius 2 is 1.95 bits per heavy atom. The first-order valence-corrected chi connectivity index (χ1v) is 8.19. The predicted octanol–water partition coefficient (Wildman–Crippen LogP) is 2.73. The molecule has 0 aromatic heterocycles. The van der Waals surface area contributed by atoms with E-state index in [-0.39, 0.29) is 6.10 Å². The molecule has 2 fully saturated rings. The molecule has 21 heavy (non-hydrogen) atoms. The van der Waals surface area contributed by atoms with Crippen LogP contribution in [0.1, 0.15) is 33.1 Å². The van der Waals surface area contributed by atoms with E-state index in [1.807, 2.05) is 26.0 Å². The third-order valence-corrected chi connectivity index (χ3v) is 4.57. The summed E-state index contributed by atoms with van der Waals surface area (Å²) in [6.07, 6.45) is 4.11. The second kappa shape index (κ2) is 6.14. The maximum atomic E-state index is 6.33. The van der Waals surface area contributed by atoms with Crippen LogP contribution in [0.2, 0.25) is 0 Å². The van der Waals surface area contributed by atoms with Crippen LogP contribution in [0.25, 0.3) is 0 Å². The molecule has 116 valence electrons. The van der Waals surface area contributed by atoms with E-state index in [9.17, 15) is 0 Å². The Kier molecular flexibility index (Phi) is 4.24. The van der Waals surface area contributed by atoms with Crippen molar-refractivity contribution in [2.45, 2.75) is 45.3 Å². The van der Waals surface area contributed by atoms with Crippen molar-refractivity contribution >= 4 is 11.4 Å². The molecule has 1 atom stereocenters. The fourth-order valence-electron chi connectivity index (χ4n) is 3.53. The number of anilines is 2. The van der Waals surface area contributed by atoms with Gasteiger partial charge in [0.05, 0.1) is 17.5 Å². The van der Waals surface area contributed by atoms with Crippen LogP contribution in [-0.2, 0) is 0 Å². The summed E-state index contributed by atoms with van der Waals surface area (Å²) in [6, 6.07) is 6.83. The first-order chi connectivity index (χ1) is 10.1. The fourth-order valence-corrected chi connectivity index (χ4v) is 3.53. The van der Waals surface area contributed by atoms with Crippen LogP contribution in [0.15, 0.2) is 18.2 Å². The summed E-state index contributed by atoms with van der Waals surface area (Å²) < 4.78 is 5.81. The van der Waals surface area contributed by atoms with Crippen LogP contribution in [-0.4, -0.2) is 43.2 Å². The van der Waals surface area contributed by atoms with E-state index in [4.69, 9.17) is 10.5 Å². The molecule has 2 saturated heterocycles. The van der Waals surface area contributed by atoms with Crippen molar-refractivity contribution in [3.63, 3.8) is 0 Å². The molecule has 3 rings (SSSR count). The van der Waals surface area contributed by atoms with Gasteiger partial charge in [-0.2, -0.15) is 0 Å². The van der Waals surface area contributed by atoms with E-state index >= 15 is 0 Å². The van der Waals surface area contributed by atoms with Crippen molar-refractivity contribution in [2.75, 3.05) is 36.8 Å². The van der Waals surface area contributed by atoms with Gasteiger partial charge in [-0.1, -0.05) is 6.07 Å². The Labute approximate surface area is 127 Å². The van der Waals surface area contributed by atoms with Gasteiger partial charge in [0.15, 0.2) is 0 Å². The molecule has 4 nitrogen and oxygen atoms in total. The first kappa shape index (κ1) is 14.5. The molecule has 1 aromatic carbocycles. The lowest BCUT2D eigenvalue weighted by atomic mass is 10.2. The molecule has 0 saturated carbocycles. The average molecular weight is 289 g/mol. The molecular weight excluding hydrogens is 262 g/mol. The number of rotatable bonds is 4. The van der Waals surface area contributed by atoms with Crippen LogP contribution in [0.3, 0.4) is 0 Å². The highest BCUT2D eigenvalue weighted by molar-refractivity contribution is 5.74. The van der Waals surface area contributed by atoms with Crippen LogP contribution < -0.4 is 15.4 Å². The fraction of sp³-hybridized carbons (Fsp3) is 0.647. The smallest absolute Gasteiger partial charge is 0.144 e. The van der Waals surface area contributed by atoms with Crippen molar-refractivity contribution in [3.05, 3.63) is 18.2 Å². The van der Waals surface area contributed by atoms with Gasteiger partial charge in [0.25, 0.3) is 0 Å². The van der Waals surface area contributed by atoms with E-state index in [0.717, 1.165) is 30.2 Å². The lowest BCUT2D eigenvalue weighted by molar-refractivity contribution is 0.244. The zero-order valence-corrected chi connectivity index (χ0v) is 13.2. The largest absolute Gasteiger partial charge is 0.489 e. The quantitative estimate of drug-likeness (QED) is 0.865. The molecule has 4 heteroatoms. The van der Waals surface area contributed by atoms with Gasteiger partial charge in [-0.3, -0.25) is 4.90 Å². The molecule has 1 unspecified atom stereocenters. The molecule has 2 aliphatic heterocycles. The minimum absolute atomic E-state index is 0.151. The summed E-state index contributed by atoms with van der Waals surface area (Å²) in [4.78, 5) is 5.07. The minimum Gasteiger partial charge on any atom is -0.489 e. The number of para-hydroxylation sites is 1.